The Bertz CT molecular complexity index is 569. The number of rotatable bonds is 3. The topological polar surface area (TPSA) is 43.6 Å². The van der Waals surface area contributed by atoms with Crippen LogP contribution in [-0.4, -0.2) is 19.7 Å². The fraction of sp³-hybridized carbons (Fsp3) is 0.500. The van der Waals surface area contributed by atoms with E-state index >= 15 is 0 Å². The second kappa shape index (κ2) is 5.29. The molecular weight excluding hydrogens is 260 g/mol. The van der Waals surface area contributed by atoms with Crippen LogP contribution in [0.5, 0.6) is 0 Å². The predicted molar refractivity (Wildman–Crippen MR) is 76.4 cm³/mol. The van der Waals surface area contributed by atoms with Crippen molar-refractivity contribution >= 4 is 11.6 Å². The first kappa shape index (κ1) is 14.0. The van der Waals surface area contributed by atoms with Crippen molar-refractivity contribution in [3.63, 3.8) is 0 Å². The molecule has 0 radical (unpaired) electrons. The number of hydrogen-bond acceptors (Lipinski definition) is 3. The van der Waals surface area contributed by atoms with Gasteiger partial charge in [0.15, 0.2) is 0 Å². The Morgan fingerprint density at radius 2 is 2.00 bits per heavy atom. The molecule has 0 aliphatic heterocycles. The maximum Gasteiger partial charge on any atom is 0.225 e. The third-order valence-corrected chi connectivity index (χ3v) is 3.33. The van der Waals surface area contributed by atoms with Crippen LogP contribution in [0, 0.1) is 0 Å². The van der Waals surface area contributed by atoms with Crippen molar-refractivity contribution in [1.29, 1.82) is 0 Å². The molecule has 2 heterocycles. The van der Waals surface area contributed by atoms with Gasteiger partial charge in [0.2, 0.25) is 5.28 Å². The molecule has 0 unspecified atom stereocenters. The number of hydrogen-bond donors (Lipinski definition) is 0. The van der Waals surface area contributed by atoms with Gasteiger partial charge in [-0.05, 0) is 29.7 Å². The molecule has 0 fully saturated rings. The lowest BCUT2D eigenvalue weighted by Crippen LogP contribution is -2.20. The molecular formula is C14H19ClN4. The van der Waals surface area contributed by atoms with Gasteiger partial charge in [-0.15, -0.1) is 10.2 Å². The summed E-state index contributed by atoms with van der Waals surface area (Å²) in [5, 5.41) is 8.59. The van der Waals surface area contributed by atoms with Crippen LogP contribution in [0.4, 0.5) is 0 Å². The van der Waals surface area contributed by atoms with Gasteiger partial charge in [0.1, 0.15) is 5.82 Å². The molecule has 19 heavy (non-hydrogen) atoms. The van der Waals surface area contributed by atoms with Crippen LogP contribution in [0.15, 0.2) is 18.3 Å². The summed E-state index contributed by atoms with van der Waals surface area (Å²) in [5.41, 5.74) is 2.16. The summed E-state index contributed by atoms with van der Waals surface area (Å²) in [4.78, 5) is 4.45. The van der Waals surface area contributed by atoms with E-state index in [0.717, 1.165) is 17.9 Å². The molecule has 5 heteroatoms. The summed E-state index contributed by atoms with van der Waals surface area (Å²) in [6.07, 6.45) is 2.76. The molecule has 2 aromatic rings. The van der Waals surface area contributed by atoms with Gasteiger partial charge in [-0.25, -0.2) is 0 Å². The summed E-state index contributed by atoms with van der Waals surface area (Å²) in [6, 6.07) is 4.05. The van der Waals surface area contributed by atoms with E-state index in [4.69, 9.17) is 11.6 Å². The van der Waals surface area contributed by atoms with Crippen molar-refractivity contribution in [2.75, 3.05) is 0 Å². The van der Waals surface area contributed by atoms with Crippen LogP contribution >= 0.6 is 11.6 Å². The minimum atomic E-state index is -0.0959. The minimum Gasteiger partial charge on any atom is -0.295 e. The molecule has 0 N–H and O–H groups in total. The fourth-order valence-corrected chi connectivity index (χ4v) is 2.24. The Morgan fingerprint density at radius 1 is 1.26 bits per heavy atom. The van der Waals surface area contributed by atoms with Crippen molar-refractivity contribution < 1.29 is 0 Å². The van der Waals surface area contributed by atoms with Crippen molar-refractivity contribution in [2.24, 2.45) is 0 Å². The Balaban J connectivity index is 2.41. The summed E-state index contributed by atoms with van der Waals surface area (Å²) in [5.74, 6) is 0.880. The van der Waals surface area contributed by atoms with E-state index in [1.165, 1.54) is 5.56 Å². The van der Waals surface area contributed by atoms with E-state index in [1.807, 2.05) is 16.8 Å². The van der Waals surface area contributed by atoms with E-state index in [9.17, 15) is 0 Å². The van der Waals surface area contributed by atoms with Gasteiger partial charge < -0.3 is 0 Å². The Morgan fingerprint density at radius 3 is 2.63 bits per heavy atom. The zero-order valence-corrected chi connectivity index (χ0v) is 12.6. The van der Waals surface area contributed by atoms with Gasteiger partial charge in [-0.3, -0.25) is 9.55 Å². The Labute approximate surface area is 118 Å². The first-order chi connectivity index (χ1) is 8.93. The van der Waals surface area contributed by atoms with Gasteiger partial charge >= 0.3 is 0 Å². The van der Waals surface area contributed by atoms with E-state index < -0.39 is 0 Å². The van der Waals surface area contributed by atoms with Crippen molar-refractivity contribution in [3.05, 3.63) is 40.7 Å². The van der Waals surface area contributed by atoms with E-state index in [1.54, 1.807) is 0 Å². The van der Waals surface area contributed by atoms with E-state index in [-0.39, 0.29) is 5.41 Å². The second-order valence-corrected chi connectivity index (χ2v) is 5.93. The molecule has 2 rings (SSSR count). The zero-order chi connectivity index (χ0) is 14.0. The number of halogens is 1. The summed E-state index contributed by atoms with van der Waals surface area (Å²) in [6.45, 7) is 9.04. The number of nitrogens with zero attached hydrogens (tertiary/aromatic N) is 4. The van der Waals surface area contributed by atoms with E-state index in [0.29, 0.717) is 11.8 Å². The maximum absolute atomic E-state index is 6.16. The molecule has 4 nitrogen and oxygen atoms in total. The van der Waals surface area contributed by atoms with Crippen LogP contribution in [0.1, 0.15) is 44.8 Å². The van der Waals surface area contributed by atoms with Crippen LogP contribution in [0.2, 0.25) is 5.28 Å². The van der Waals surface area contributed by atoms with Gasteiger partial charge in [-0.1, -0.05) is 33.8 Å². The zero-order valence-electron chi connectivity index (χ0n) is 11.8. The highest BCUT2D eigenvalue weighted by Crippen LogP contribution is 2.24. The average molecular weight is 279 g/mol. The average Bonchev–Trinajstić information content (AvgIpc) is 2.71. The lowest BCUT2D eigenvalue weighted by atomic mass is 9.95. The molecule has 0 bridgehead atoms. The SMILES string of the molecule is CCc1cccnc1Cn1c(Cl)nnc1C(C)(C)C. The Kier molecular flexibility index (Phi) is 3.90. The fourth-order valence-electron chi connectivity index (χ4n) is 2.06. The third kappa shape index (κ3) is 2.95. The molecule has 102 valence electrons. The van der Waals surface area contributed by atoms with Gasteiger partial charge in [-0.2, -0.15) is 0 Å². The monoisotopic (exact) mass is 278 g/mol. The molecule has 0 saturated carbocycles. The quantitative estimate of drug-likeness (QED) is 0.866. The minimum absolute atomic E-state index is 0.0959. The molecule has 0 atom stereocenters. The lowest BCUT2D eigenvalue weighted by Gasteiger charge is -2.19. The maximum atomic E-state index is 6.16. The standard InChI is InChI=1S/C14H19ClN4/c1-5-10-7-6-8-16-11(10)9-19-12(14(2,3)4)17-18-13(19)15/h6-8H,5,9H2,1-4H3. The molecule has 2 aromatic heterocycles. The molecule has 0 aliphatic carbocycles. The van der Waals surface area contributed by atoms with Crippen LogP contribution in [-0.2, 0) is 18.4 Å². The van der Waals surface area contributed by atoms with Gasteiger partial charge in [0, 0.05) is 11.6 Å². The van der Waals surface area contributed by atoms with Crippen molar-refractivity contribution in [3.8, 4) is 0 Å². The number of aromatic nitrogens is 4. The Hall–Kier alpha value is -1.42. The summed E-state index contributed by atoms with van der Waals surface area (Å²) in [7, 11) is 0. The van der Waals surface area contributed by atoms with Crippen molar-refractivity contribution in [2.45, 2.75) is 46.1 Å². The molecule has 0 spiro atoms. The summed E-state index contributed by atoms with van der Waals surface area (Å²) >= 11 is 6.16. The number of aryl methyl sites for hydroxylation is 1. The highest BCUT2D eigenvalue weighted by molar-refractivity contribution is 6.28. The van der Waals surface area contributed by atoms with Crippen LogP contribution in [0.25, 0.3) is 0 Å². The van der Waals surface area contributed by atoms with Gasteiger partial charge in [0.05, 0.1) is 12.2 Å². The predicted octanol–water partition coefficient (Wildman–Crippen LogP) is 3.23. The molecule has 0 aromatic carbocycles. The normalized spacial score (nSPS) is 11.8. The first-order valence-electron chi connectivity index (χ1n) is 6.45. The second-order valence-electron chi connectivity index (χ2n) is 5.59. The highest BCUT2D eigenvalue weighted by Gasteiger charge is 2.23. The summed E-state index contributed by atoms with van der Waals surface area (Å²) < 4.78 is 1.93. The van der Waals surface area contributed by atoms with Gasteiger partial charge in [0.25, 0.3) is 0 Å². The van der Waals surface area contributed by atoms with Crippen LogP contribution < -0.4 is 0 Å². The first-order valence-corrected chi connectivity index (χ1v) is 6.83. The highest BCUT2D eigenvalue weighted by atomic mass is 35.5. The molecule has 0 aliphatic rings. The molecule has 0 amide bonds. The third-order valence-electron chi connectivity index (χ3n) is 3.05. The largest absolute Gasteiger partial charge is 0.295 e. The molecule has 0 saturated heterocycles. The number of pyridine rings is 1. The van der Waals surface area contributed by atoms with Crippen LogP contribution in [0.3, 0.4) is 0 Å². The smallest absolute Gasteiger partial charge is 0.225 e. The lowest BCUT2D eigenvalue weighted by molar-refractivity contribution is 0.507. The van der Waals surface area contributed by atoms with Crippen molar-refractivity contribution in [1.82, 2.24) is 19.7 Å². The van der Waals surface area contributed by atoms with E-state index in [2.05, 4.69) is 48.9 Å².